The van der Waals surface area contributed by atoms with Crippen LogP contribution in [0.2, 0.25) is 0 Å². The zero-order valence-electron chi connectivity index (χ0n) is 17.3. The van der Waals surface area contributed by atoms with Crippen molar-refractivity contribution in [1.29, 1.82) is 0 Å². The van der Waals surface area contributed by atoms with E-state index in [-0.39, 0.29) is 24.0 Å². The quantitative estimate of drug-likeness (QED) is 0.538. The zero-order chi connectivity index (χ0) is 22.2. The van der Waals surface area contributed by atoms with Crippen molar-refractivity contribution in [3.05, 3.63) is 53.6 Å². The van der Waals surface area contributed by atoms with E-state index in [9.17, 15) is 18.4 Å². The molecular weight excluding hydrogens is 406 g/mol. The molecule has 2 amide bonds. The van der Waals surface area contributed by atoms with E-state index in [1.165, 1.54) is 6.07 Å². The first-order chi connectivity index (χ1) is 15.0. The number of anilines is 1. The summed E-state index contributed by atoms with van der Waals surface area (Å²) < 4.78 is 35.6. The van der Waals surface area contributed by atoms with E-state index >= 15 is 0 Å². The molecule has 8 heteroatoms. The fourth-order valence-corrected chi connectivity index (χ4v) is 3.51. The minimum atomic E-state index is -2.92. The van der Waals surface area contributed by atoms with Gasteiger partial charge in [0.1, 0.15) is 11.5 Å². The fourth-order valence-electron chi connectivity index (χ4n) is 3.51. The molecule has 2 N–H and O–H groups in total. The molecule has 0 bridgehead atoms. The van der Waals surface area contributed by atoms with Gasteiger partial charge in [-0.05, 0) is 49.1 Å². The molecule has 0 saturated heterocycles. The van der Waals surface area contributed by atoms with Crippen LogP contribution in [0, 0.1) is 0 Å². The number of fused-ring (bicyclic) bond motifs is 1. The van der Waals surface area contributed by atoms with Crippen LogP contribution in [-0.2, 0) is 16.0 Å². The fraction of sp³-hybridized carbons (Fsp3) is 0.391. The van der Waals surface area contributed by atoms with Gasteiger partial charge in [-0.15, -0.1) is 0 Å². The Kier molecular flexibility index (Phi) is 7.81. The smallest absolute Gasteiger partial charge is 0.387 e. The Morgan fingerprint density at radius 2 is 2.00 bits per heavy atom. The van der Waals surface area contributed by atoms with E-state index in [0.717, 1.165) is 11.3 Å². The van der Waals surface area contributed by atoms with Gasteiger partial charge in [-0.1, -0.05) is 25.1 Å². The van der Waals surface area contributed by atoms with Crippen molar-refractivity contribution in [2.75, 3.05) is 11.9 Å². The highest BCUT2D eigenvalue weighted by atomic mass is 19.3. The average molecular weight is 432 g/mol. The first-order valence-electron chi connectivity index (χ1n) is 10.3. The number of hydrogen-bond donors (Lipinski definition) is 2. The van der Waals surface area contributed by atoms with Crippen LogP contribution < -0.4 is 20.1 Å². The number of amides is 2. The summed E-state index contributed by atoms with van der Waals surface area (Å²) >= 11 is 0. The third-order valence-electron chi connectivity index (χ3n) is 5.04. The van der Waals surface area contributed by atoms with Crippen LogP contribution in [0.15, 0.2) is 42.5 Å². The van der Waals surface area contributed by atoms with Crippen molar-refractivity contribution in [3.8, 4) is 11.5 Å². The van der Waals surface area contributed by atoms with Crippen molar-refractivity contribution in [1.82, 2.24) is 5.32 Å². The molecule has 2 aromatic rings. The molecule has 0 radical (unpaired) electrons. The number of hydrogen-bond acceptors (Lipinski definition) is 4. The lowest BCUT2D eigenvalue weighted by Crippen LogP contribution is -2.28. The minimum absolute atomic E-state index is 0.0148. The summed E-state index contributed by atoms with van der Waals surface area (Å²) in [6.45, 7) is -0.696. The van der Waals surface area contributed by atoms with Gasteiger partial charge in [0.05, 0.1) is 12.6 Å². The molecule has 166 valence electrons. The summed E-state index contributed by atoms with van der Waals surface area (Å²) in [6.07, 6.45) is 2.43. The molecular formula is C23H26F2N2O4. The third kappa shape index (κ3) is 6.41. The van der Waals surface area contributed by atoms with Gasteiger partial charge in [0.2, 0.25) is 11.8 Å². The number of aryl methyl sites for hydroxylation is 1. The monoisotopic (exact) mass is 432 g/mol. The Labute approximate surface area is 179 Å². The van der Waals surface area contributed by atoms with Crippen molar-refractivity contribution in [2.24, 2.45) is 0 Å². The number of alkyl halides is 2. The Morgan fingerprint density at radius 3 is 2.77 bits per heavy atom. The van der Waals surface area contributed by atoms with E-state index < -0.39 is 12.7 Å². The molecule has 0 aromatic heterocycles. The van der Waals surface area contributed by atoms with E-state index in [4.69, 9.17) is 4.74 Å². The molecule has 1 aliphatic heterocycles. The molecule has 1 atom stereocenters. The highest BCUT2D eigenvalue weighted by Crippen LogP contribution is 2.29. The summed E-state index contributed by atoms with van der Waals surface area (Å²) in [5, 5.41) is 5.70. The topological polar surface area (TPSA) is 76.7 Å². The zero-order valence-corrected chi connectivity index (χ0v) is 17.3. The Morgan fingerprint density at radius 1 is 1.19 bits per heavy atom. The molecule has 3 rings (SSSR count). The van der Waals surface area contributed by atoms with Gasteiger partial charge in [0.15, 0.2) is 0 Å². The van der Waals surface area contributed by atoms with Gasteiger partial charge >= 0.3 is 6.61 Å². The van der Waals surface area contributed by atoms with Gasteiger partial charge in [-0.25, -0.2) is 0 Å². The van der Waals surface area contributed by atoms with Crippen LogP contribution in [-0.4, -0.2) is 25.0 Å². The summed E-state index contributed by atoms with van der Waals surface area (Å²) in [5.41, 5.74) is 2.37. The Bertz CT molecular complexity index is 920. The second kappa shape index (κ2) is 10.7. The van der Waals surface area contributed by atoms with E-state index in [1.807, 2.05) is 19.1 Å². The standard InChI is InChI=1S/C23H26F2N2O4/c1-2-18(17-6-3-4-7-20(17)31-23(24)25)26-21(28)8-5-13-30-16-10-11-19-15(14-16)9-12-22(29)27-19/h3-4,6-7,10-11,14,18,23H,2,5,8-9,12-13H2,1H3,(H,26,28)(H,27,29). The van der Waals surface area contributed by atoms with Crippen LogP contribution >= 0.6 is 0 Å². The van der Waals surface area contributed by atoms with Crippen LogP contribution in [0.5, 0.6) is 11.5 Å². The Hall–Kier alpha value is -3.16. The second-order valence-electron chi connectivity index (χ2n) is 7.26. The molecule has 31 heavy (non-hydrogen) atoms. The van der Waals surface area contributed by atoms with Gasteiger partial charge in [0, 0.05) is 24.1 Å². The molecule has 1 heterocycles. The maximum absolute atomic E-state index is 12.6. The number of nitrogens with one attached hydrogen (secondary N) is 2. The molecule has 0 saturated carbocycles. The molecule has 0 aliphatic carbocycles. The molecule has 0 fully saturated rings. The molecule has 6 nitrogen and oxygen atoms in total. The first-order valence-corrected chi connectivity index (χ1v) is 10.3. The van der Waals surface area contributed by atoms with Crippen LogP contribution in [0.4, 0.5) is 14.5 Å². The maximum atomic E-state index is 12.6. The third-order valence-corrected chi connectivity index (χ3v) is 5.04. The largest absolute Gasteiger partial charge is 0.494 e. The summed E-state index contributed by atoms with van der Waals surface area (Å²) in [5.74, 6) is 0.591. The van der Waals surface area contributed by atoms with E-state index in [2.05, 4.69) is 15.4 Å². The first kappa shape index (κ1) is 22.5. The lowest BCUT2D eigenvalue weighted by Gasteiger charge is -2.20. The highest BCUT2D eigenvalue weighted by Gasteiger charge is 2.19. The van der Waals surface area contributed by atoms with E-state index in [0.29, 0.717) is 43.6 Å². The van der Waals surface area contributed by atoms with Crippen LogP contribution in [0.25, 0.3) is 0 Å². The second-order valence-corrected chi connectivity index (χ2v) is 7.26. The summed E-state index contributed by atoms with van der Waals surface area (Å²) in [7, 11) is 0. The maximum Gasteiger partial charge on any atom is 0.387 e. The number of para-hydroxylation sites is 1. The van der Waals surface area contributed by atoms with Crippen molar-refractivity contribution in [3.63, 3.8) is 0 Å². The summed E-state index contributed by atoms with van der Waals surface area (Å²) in [4.78, 5) is 23.8. The van der Waals surface area contributed by atoms with Crippen molar-refractivity contribution >= 4 is 17.5 Å². The molecule has 2 aromatic carbocycles. The van der Waals surface area contributed by atoms with Gasteiger partial charge in [-0.2, -0.15) is 8.78 Å². The number of halogens is 2. The van der Waals surface area contributed by atoms with Gasteiger partial charge in [-0.3, -0.25) is 9.59 Å². The van der Waals surface area contributed by atoms with E-state index in [1.54, 1.807) is 24.3 Å². The lowest BCUT2D eigenvalue weighted by molar-refractivity contribution is -0.122. The van der Waals surface area contributed by atoms with Gasteiger partial charge in [0.25, 0.3) is 0 Å². The van der Waals surface area contributed by atoms with Crippen molar-refractivity contribution < 1.29 is 27.8 Å². The van der Waals surface area contributed by atoms with Crippen LogP contribution in [0.3, 0.4) is 0 Å². The number of ether oxygens (including phenoxy) is 2. The average Bonchev–Trinajstić information content (AvgIpc) is 2.75. The Balaban J connectivity index is 1.47. The predicted octanol–water partition coefficient (Wildman–Crippen LogP) is 4.60. The number of rotatable bonds is 10. The molecule has 0 spiro atoms. The summed E-state index contributed by atoms with van der Waals surface area (Å²) in [6, 6.07) is 11.6. The minimum Gasteiger partial charge on any atom is -0.494 e. The normalized spacial score (nSPS) is 13.9. The number of carbonyl (C=O) groups excluding carboxylic acids is 2. The van der Waals surface area contributed by atoms with Crippen LogP contribution in [0.1, 0.15) is 49.8 Å². The SMILES string of the molecule is CCC(NC(=O)CCCOc1ccc2c(c1)CCC(=O)N2)c1ccccc1OC(F)F. The van der Waals surface area contributed by atoms with Crippen molar-refractivity contribution in [2.45, 2.75) is 51.7 Å². The molecule has 1 unspecified atom stereocenters. The lowest BCUT2D eigenvalue weighted by atomic mass is 10.0. The molecule has 1 aliphatic rings. The van der Waals surface area contributed by atoms with Gasteiger partial charge < -0.3 is 20.1 Å². The highest BCUT2D eigenvalue weighted by molar-refractivity contribution is 5.94. The predicted molar refractivity (Wildman–Crippen MR) is 112 cm³/mol. The number of carbonyl (C=O) groups is 2. The number of benzene rings is 2.